The minimum absolute atomic E-state index is 0.185. The standard InChI is InChI=1S/C18H22N4O2/c1-3-5-12-22-16(10-11-20-22)21-18(24)15-8-6-14(7-9-15)13-19-17(23)4-2/h4,6-11H,2-3,5,12-13H2,1H3,(H,19,23)(H,21,24). The molecule has 0 spiro atoms. The van der Waals surface area contributed by atoms with E-state index in [-0.39, 0.29) is 11.8 Å². The van der Waals surface area contributed by atoms with E-state index >= 15 is 0 Å². The summed E-state index contributed by atoms with van der Waals surface area (Å²) in [6.07, 6.45) is 4.98. The summed E-state index contributed by atoms with van der Waals surface area (Å²) < 4.78 is 1.79. The first-order valence-corrected chi connectivity index (χ1v) is 7.96. The maximum absolute atomic E-state index is 12.3. The van der Waals surface area contributed by atoms with Crippen LogP contribution in [-0.4, -0.2) is 21.6 Å². The van der Waals surface area contributed by atoms with Crippen molar-refractivity contribution in [1.82, 2.24) is 15.1 Å². The highest BCUT2D eigenvalue weighted by atomic mass is 16.2. The third kappa shape index (κ3) is 4.81. The number of aryl methyl sites for hydroxylation is 1. The molecule has 0 aliphatic rings. The molecule has 0 bridgehead atoms. The highest BCUT2D eigenvalue weighted by Crippen LogP contribution is 2.11. The average molecular weight is 326 g/mol. The molecule has 0 aliphatic carbocycles. The number of hydrogen-bond donors (Lipinski definition) is 2. The van der Waals surface area contributed by atoms with Gasteiger partial charge in [-0.1, -0.05) is 32.1 Å². The van der Waals surface area contributed by atoms with Crippen molar-refractivity contribution < 1.29 is 9.59 Å². The third-order valence-electron chi connectivity index (χ3n) is 3.55. The fourth-order valence-corrected chi connectivity index (χ4v) is 2.15. The highest BCUT2D eigenvalue weighted by molar-refractivity contribution is 6.03. The van der Waals surface area contributed by atoms with Gasteiger partial charge in [-0.05, 0) is 30.2 Å². The molecule has 1 aromatic heterocycles. The van der Waals surface area contributed by atoms with Gasteiger partial charge in [0, 0.05) is 24.7 Å². The first-order valence-electron chi connectivity index (χ1n) is 7.96. The molecule has 1 heterocycles. The zero-order chi connectivity index (χ0) is 17.4. The highest BCUT2D eigenvalue weighted by Gasteiger charge is 2.09. The number of nitrogens with one attached hydrogen (secondary N) is 2. The normalized spacial score (nSPS) is 10.2. The monoisotopic (exact) mass is 326 g/mol. The van der Waals surface area contributed by atoms with Crippen molar-refractivity contribution in [2.75, 3.05) is 5.32 Å². The number of rotatable bonds is 8. The molecule has 0 unspecified atom stereocenters. The summed E-state index contributed by atoms with van der Waals surface area (Å²) in [4.78, 5) is 23.5. The molecule has 1 aromatic carbocycles. The first-order chi connectivity index (χ1) is 11.6. The van der Waals surface area contributed by atoms with Crippen LogP contribution in [0.5, 0.6) is 0 Å². The van der Waals surface area contributed by atoms with E-state index in [0.29, 0.717) is 17.9 Å². The lowest BCUT2D eigenvalue weighted by atomic mass is 10.1. The van der Waals surface area contributed by atoms with E-state index in [0.717, 1.165) is 24.9 Å². The first kappa shape index (κ1) is 17.5. The molecule has 0 saturated heterocycles. The lowest BCUT2D eigenvalue weighted by Gasteiger charge is -2.09. The molecule has 0 radical (unpaired) electrons. The molecule has 0 aliphatic heterocycles. The second kappa shape index (κ2) is 8.67. The van der Waals surface area contributed by atoms with Crippen molar-refractivity contribution in [3.8, 4) is 0 Å². The fraction of sp³-hybridized carbons (Fsp3) is 0.278. The predicted molar refractivity (Wildman–Crippen MR) is 93.6 cm³/mol. The third-order valence-corrected chi connectivity index (χ3v) is 3.55. The van der Waals surface area contributed by atoms with Crippen molar-refractivity contribution in [2.24, 2.45) is 0 Å². The largest absolute Gasteiger partial charge is 0.348 e. The van der Waals surface area contributed by atoms with E-state index < -0.39 is 0 Å². The van der Waals surface area contributed by atoms with Gasteiger partial charge in [-0.25, -0.2) is 4.68 Å². The fourth-order valence-electron chi connectivity index (χ4n) is 2.15. The lowest BCUT2D eigenvalue weighted by Crippen LogP contribution is -2.20. The van der Waals surface area contributed by atoms with Gasteiger partial charge in [-0.3, -0.25) is 9.59 Å². The van der Waals surface area contributed by atoms with E-state index in [1.807, 2.05) is 12.1 Å². The van der Waals surface area contributed by atoms with Gasteiger partial charge in [-0.2, -0.15) is 5.10 Å². The SMILES string of the molecule is C=CC(=O)NCc1ccc(C(=O)Nc2ccnn2CCCC)cc1. The Bertz CT molecular complexity index is 704. The van der Waals surface area contributed by atoms with Gasteiger partial charge in [0.25, 0.3) is 5.91 Å². The van der Waals surface area contributed by atoms with Crippen molar-refractivity contribution in [3.05, 3.63) is 60.3 Å². The molecule has 6 nitrogen and oxygen atoms in total. The number of amides is 2. The predicted octanol–water partition coefficient (Wildman–Crippen LogP) is 2.74. The van der Waals surface area contributed by atoms with Crippen LogP contribution in [0.3, 0.4) is 0 Å². The molecular formula is C18H22N4O2. The van der Waals surface area contributed by atoms with Crippen LogP contribution in [0.15, 0.2) is 49.2 Å². The zero-order valence-corrected chi connectivity index (χ0v) is 13.8. The summed E-state index contributed by atoms with van der Waals surface area (Å²) in [5.74, 6) is 0.280. The Morgan fingerprint density at radius 1 is 1.25 bits per heavy atom. The quantitative estimate of drug-likeness (QED) is 0.732. The average Bonchev–Trinajstić information content (AvgIpc) is 3.05. The number of benzene rings is 1. The second-order valence-electron chi connectivity index (χ2n) is 5.37. The molecule has 24 heavy (non-hydrogen) atoms. The van der Waals surface area contributed by atoms with E-state index in [2.05, 4.69) is 29.2 Å². The molecule has 6 heteroatoms. The summed E-state index contributed by atoms with van der Waals surface area (Å²) in [7, 11) is 0. The molecule has 0 atom stereocenters. The smallest absolute Gasteiger partial charge is 0.256 e. The maximum Gasteiger partial charge on any atom is 0.256 e. The van der Waals surface area contributed by atoms with Crippen molar-refractivity contribution in [3.63, 3.8) is 0 Å². The Hall–Kier alpha value is -2.89. The van der Waals surface area contributed by atoms with Crippen LogP contribution < -0.4 is 10.6 Å². The zero-order valence-electron chi connectivity index (χ0n) is 13.8. The van der Waals surface area contributed by atoms with Gasteiger partial charge < -0.3 is 10.6 Å². The lowest BCUT2D eigenvalue weighted by molar-refractivity contribution is -0.116. The number of unbranched alkanes of at least 4 members (excludes halogenated alkanes) is 1. The second-order valence-corrected chi connectivity index (χ2v) is 5.37. The number of hydrogen-bond acceptors (Lipinski definition) is 3. The number of aromatic nitrogens is 2. The van der Waals surface area contributed by atoms with Crippen molar-refractivity contribution in [2.45, 2.75) is 32.9 Å². The van der Waals surface area contributed by atoms with Crippen LogP contribution in [0.4, 0.5) is 5.82 Å². The Morgan fingerprint density at radius 3 is 2.67 bits per heavy atom. The van der Waals surface area contributed by atoms with Crippen LogP contribution in [0.2, 0.25) is 0 Å². The summed E-state index contributed by atoms with van der Waals surface area (Å²) in [6.45, 7) is 6.69. The Morgan fingerprint density at radius 2 is 2.00 bits per heavy atom. The minimum atomic E-state index is -0.225. The van der Waals surface area contributed by atoms with Gasteiger partial charge >= 0.3 is 0 Å². The van der Waals surface area contributed by atoms with Crippen LogP contribution in [-0.2, 0) is 17.9 Å². The molecule has 0 saturated carbocycles. The number of nitrogens with zero attached hydrogens (tertiary/aromatic N) is 2. The molecule has 2 rings (SSSR count). The molecule has 2 aromatic rings. The van der Waals surface area contributed by atoms with Crippen LogP contribution in [0.1, 0.15) is 35.7 Å². The van der Waals surface area contributed by atoms with Gasteiger partial charge in [0.15, 0.2) is 0 Å². The topological polar surface area (TPSA) is 76.0 Å². The molecule has 0 fully saturated rings. The maximum atomic E-state index is 12.3. The van der Waals surface area contributed by atoms with E-state index in [1.54, 1.807) is 29.1 Å². The number of carbonyl (C=O) groups is 2. The van der Waals surface area contributed by atoms with E-state index in [9.17, 15) is 9.59 Å². The molecular weight excluding hydrogens is 304 g/mol. The van der Waals surface area contributed by atoms with Gasteiger partial charge in [0.05, 0.1) is 6.20 Å². The minimum Gasteiger partial charge on any atom is -0.348 e. The van der Waals surface area contributed by atoms with Gasteiger partial charge in [0.2, 0.25) is 5.91 Å². The Kier molecular flexibility index (Phi) is 6.31. The van der Waals surface area contributed by atoms with Crippen molar-refractivity contribution in [1.29, 1.82) is 0 Å². The Labute approximate surface area is 141 Å². The molecule has 2 N–H and O–H groups in total. The summed E-state index contributed by atoms with van der Waals surface area (Å²) in [5.41, 5.74) is 1.46. The summed E-state index contributed by atoms with van der Waals surface area (Å²) in [5, 5.41) is 9.78. The molecule has 2 amide bonds. The van der Waals surface area contributed by atoms with Gasteiger partial charge in [-0.15, -0.1) is 0 Å². The summed E-state index contributed by atoms with van der Waals surface area (Å²) in [6, 6.07) is 8.88. The van der Waals surface area contributed by atoms with E-state index in [1.165, 1.54) is 6.08 Å². The van der Waals surface area contributed by atoms with Crippen LogP contribution >= 0.6 is 0 Å². The number of anilines is 1. The Balaban J connectivity index is 1.96. The van der Waals surface area contributed by atoms with Crippen LogP contribution in [0, 0.1) is 0 Å². The van der Waals surface area contributed by atoms with E-state index in [4.69, 9.17) is 0 Å². The van der Waals surface area contributed by atoms with Crippen molar-refractivity contribution >= 4 is 17.6 Å². The van der Waals surface area contributed by atoms with Gasteiger partial charge in [0.1, 0.15) is 5.82 Å². The number of carbonyl (C=O) groups excluding carboxylic acids is 2. The summed E-state index contributed by atoms with van der Waals surface area (Å²) >= 11 is 0. The van der Waals surface area contributed by atoms with Crippen LogP contribution in [0.25, 0.3) is 0 Å². The molecule has 126 valence electrons.